The van der Waals surface area contributed by atoms with Gasteiger partial charge in [0.2, 0.25) is 0 Å². The summed E-state index contributed by atoms with van der Waals surface area (Å²) in [5.41, 5.74) is 6.77. The molecule has 0 bridgehead atoms. The van der Waals surface area contributed by atoms with E-state index in [-0.39, 0.29) is 0 Å². The number of ether oxygens (including phenoxy) is 1. The summed E-state index contributed by atoms with van der Waals surface area (Å²) in [7, 11) is 0. The average Bonchev–Trinajstić information content (AvgIpc) is 2.19. The van der Waals surface area contributed by atoms with Gasteiger partial charge in [0.05, 0.1) is 6.61 Å². The van der Waals surface area contributed by atoms with Gasteiger partial charge in [-0.1, -0.05) is 12.1 Å². The lowest BCUT2D eigenvalue weighted by molar-refractivity contribution is 0.270. The summed E-state index contributed by atoms with van der Waals surface area (Å²) in [6, 6.07) is 8.27. The molecule has 0 aliphatic carbocycles. The molecule has 15 heavy (non-hydrogen) atoms. The highest BCUT2D eigenvalue weighted by Gasteiger charge is 2.18. The zero-order valence-corrected chi connectivity index (χ0v) is 9.63. The Morgan fingerprint density at radius 2 is 2.00 bits per heavy atom. The summed E-state index contributed by atoms with van der Waals surface area (Å²) < 4.78 is 5.70. The fraction of sp³-hybridized carbons (Fsp3) is 0.500. The summed E-state index contributed by atoms with van der Waals surface area (Å²) in [6.45, 7) is 1.57. The first-order valence-electron chi connectivity index (χ1n) is 5.38. The van der Waals surface area contributed by atoms with Crippen LogP contribution in [0.5, 0.6) is 5.75 Å². The van der Waals surface area contributed by atoms with E-state index in [9.17, 15) is 0 Å². The molecule has 0 unspecified atom stereocenters. The van der Waals surface area contributed by atoms with Crippen LogP contribution in [0.3, 0.4) is 0 Å². The van der Waals surface area contributed by atoms with Crippen molar-refractivity contribution >= 4 is 11.8 Å². The van der Waals surface area contributed by atoms with Gasteiger partial charge in [0.15, 0.2) is 0 Å². The molecule has 1 aromatic carbocycles. The molecule has 1 aliphatic rings. The molecule has 1 aliphatic heterocycles. The van der Waals surface area contributed by atoms with Gasteiger partial charge in [-0.3, -0.25) is 0 Å². The number of benzene rings is 1. The first kappa shape index (κ1) is 10.8. The first-order chi connectivity index (χ1) is 7.38. The Morgan fingerprint density at radius 1 is 1.27 bits per heavy atom. The predicted molar refractivity (Wildman–Crippen MR) is 65.5 cm³/mol. The molecular weight excluding hydrogens is 206 g/mol. The highest BCUT2D eigenvalue weighted by Crippen LogP contribution is 2.25. The van der Waals surface area contributed by atoms with Crippen LogP contribution in [0, 0.1) is 5.92 Å². The zero-order valence-electron chi connectivity index (χ0n) is 8.82. The van der Waals surface area contributed by atoms with Gasteiger partial charge >= 0.3 is 0 Å². The van der Waals surface area contributed by atoms with Crippen LogP contribution in [0.15, 0.2) is 24.3 Å². The molecule has 1 saturated heterocycles. The molecule has 0 saturated carbocycles. The van der Waals surface area contributed by atoms with Crippen LogP contribution in [-0.2, 0) is 6.42 Å². The number of hydrogen-bond donors (Lipinski definition) is 1. The second-order valence-corrected chi connectivity index (χ2v) is 4.97. The third kappa shape index (κ3) is 3.14. The fourth-order valence-electron chi connectivity index (χ4n) is 1.51. The fourth-order valence-corrected chi connectivity index (χ4v) is 2.28. The van der Waals surface area contributed by atoms with Crippen molar-refractivity contribution in [2.24, 2.45) is 11.7 Å². The Balaban J connectivity index is 1.80. The van der Waals surface area contributed by atoms with Gasteiger partial charge < -0.3 is 10.5 Å². The van der Waals surface area contributed by atoms with Crippen molar-refractivity contribution in [3.05, 3.63) is 29.8 Å². The molecule has 0 atom stereocenters. The lowest BCUT2D eigenvalue weighted by Crippen LogP contribution is -2.24. The minimum absolute atomic E-state index is 0.708. The second kappa shape index (κ2) is 5.42. The van der Waals surface area contributed by atoms with Crippen LogP contribution in [0.25, 0.3) is 0 Å². The van der Waals surface area contributed by atoms with Gasteiger partial charge in [-0.05, 0) is 30.7 Å². The minimum atomic E-state index is 0.708. The Bertz CT molecular complexity index is 295. The molecule has 82 valence electrons. The number of rotatable bonds is 5. The smallest absolute Gasteiger partial charge is 0.119 e. The highest BCUT2D eigenvalue weighted by atomic mass is 32.2. The van der Waals surface area contributed by atoms with Crippen LogP contribution in [-0.4, -0.2) is 24.7 Å². The topological polar surface area (TPSA) is 35.2 Å². The van der Waals surface area contributed by atoms with E-state index in [2.05, 4.69) is 12.1 Å². The summed E-state index contributed by atoms with van der Waals surface area (Å²) in [4.78, 5) is 0. The monoisotopic (exact) mass is 223 g/mol. The molecule has 0 radical (unpaired) electrons. The highest BCUT2D eigenvalue weighted by molar-refractivity contribution is 8.00. The predicted octanol–water partition coefficient (Wildman–Crippen LogP) is 1.93. The summed E-state index contributed by atoms with van der Waals surface area (Å²) in [6.07, 6.45) is 0.944. The summed E-state index contributed by atoms with van der Waals surface area (Å²) in [5.74, 6) is 4.25. The van der Waals surface area contributed by atoms with Gasteiger partial charge in [-0.25, -0.2) is 0 Å². The quantitative estimate of drug-likeness (QED) is 0.828. The second-order valence-electron chi connectivity index (χ2n) is 3.90. The molecule has 0 amide bonds. The van der Waals surface area contributed by atoms with E-state index in [0.717, 1.165) is 24.7 Å². The third-order valence-electron chi connectivity index (χ3n) is 2.55. The van der Waals surface area contributed by atoms with Gasteiger partial charge in [-0.2, -0.15) is 11.8 Å². The van der Waals surface area contributed by atoms with Gasteiger partial charge in [0, 0.05) is 17.4 Å². The summed E-state index contributed by atoms with van der Waals surface area (Å²) >= 11 is 2.00. The number of thioether (sulfide) groups is 1. The van der Waals surface area contributed by atoms with Crippen molar-refractivity contribution in [2.45, 2.75) is 6.42 Å². The number of hydrogen-bond acceptors (Lipinski definition) is 3. The molecular formula is C12H17NOS. The van der Waals surface area contributed by atoms with Crippen molar-refractivity contribution in [3.8, 4) is 5.75 Å². The summed E-state index contributed by atoms with van der Waals surface area (Å²) in [5, 5.41) is 0. The molecule has 1 aromatic rings. The van der Waals surface area contributed by atoms with E-state index in [4.69, 9.17) is 10.5 Å². The van der Waals surface area contributed by atoms with Crippen molar-refractivity contribution in [2.75, 3.05) is 24.7 Å². The lowest BCUT2D eigenvalue weighted by atomic mass is 10.1. The Morgan fingerprint density at radius 3 is 2.53 bits per heavy atom. The Hall–Kier alpha value is -0.670. The maximum absolute atomic E-state index is 5.70. The van der Waals surface area contributed by atoms with Crippen molar-refractivity contribution in [3.63, 3.8) is 0 Å². The molecule has 2 N–H and O–H groups in total. The Labute approximate surface area is 95.2 Å². The van der Waals surface area contributed by atoms with Gasteiger partial charge in [0.1, 0.15) is 5.75 Å². The first-order valence-corrected chi connectivity index (χ1v) is 6.53. The van der Waals surface area contributed by atoms with Crippen LogP contribution in [0.1, 0.15) is 5.56 Å². The molecule has 1 fully saturated rings. The SMILES string of the molecule is NCCc1ccc(OCC2CSC2)cc1. The van der Waals surface area contributed by atoms with E-state index < -0.39 is 0 Å². The standard InChI is InChI=1S/C12H17NOS/c13-6-5-10-1-3-12(4-2-10)14-7-11-8-15-9-11/h1-4,11H,5-9,13H2. The van der Waals surface area contributed by atoms with Crippen molar-refractivity contribution in [1.82, 2.24) is 0 Å². The maximum atomic E-state index is 5.70. The molecule has 1 heterocycles. The maximum Gasteiger partial charge on any atom is 0.119 e. The number of nitrogens with two attached hydrogens (primary N) is 1. The van der Waals surface area contributed by atoms with E-state index in [1.165, 1.54) is 17.1 Å². The largest absolute Gasteiger partial charge is 0.493 e. The molecule has 3 heteroatoms. The van der Waals surface area contributed by atoms with Crippen LogP contribution in [0.2, 0.25) is 0 Å². The van der Waals surface area contributed by atoms with Crippen molar-refractivity contribution < 1.29 is 4.74 Å². The van der Waals surface area contributed by atoms with Crippen LogP contribution in [0.4, 0.5) is 0 Å². The van der Waals surface area contributed by atoms with E-state index in [1.807, 2.05) is 23.9 Å². The normalized spacial score (nSPS) is 16.1. The third-order valence-corrected chi connectivity index (χ3v) is 3.96. The van der Waals surface area contributed by atoms with Crippen LogP contribution >= 0.6 is 11.8 Å². The minimum Gasteiger partial charge on any atom is -0.493 e. The lowest BCUT2D eigenvalue weighted by Gasteiger charge is -2.24. The average molecular weight is 223 g/mol. The van der Waals surface area contributed by atoms with Gasteiger partial charge in [0.25, 0.3) is 0 Å². The van der Waals surface area contributed by atoms with E-state index >= 15 is 0 Å². The zero-order chi connectivity index (χ0) is 10.5. The van der Waals surface area contributed by atoms with Gasteiger partial charge in [-0.15, -0.1) is 0 Å². The molecule has 0 aromatic heterocycles. The van der Waals surface area contributed by atoms with Crippen molar-refractivity contribution in [1.29, 1.82) is 0 Å². The van der Waals surface area contributed by atoms with E-state index in [1.54, 1.807) is 0 Å². The van der Waals surface area contributed by atoms with E-state index in [0.29, 0.717) is 6.54 Å². The molecule has 2 nitrogen and oxygen atoms in total. The van der Waals surface area contributed by atoms with Crippen LogP contribution < -0.4 is 10.5 Å². The Kier molecular flexibility index (Phi) is 3.92. The molecule has 2 rings (SSSR count). The molecule has 0 spiro atoms.